The molecule has 0 spiro atoms. The van der Waals surface area contributed by atoms with Gasteiger partial charge in [0.2, 0.25) is 5.91 Å². The van der Waals surface area contributed by atoms with Gasteiger partial charge in [0.25, 0.3) is 0 Å². The molecule has 0 bridgehead atoms. The lowest BCUT2D eigenvalue weighted by molar-refractivity contribution is -0.131. The molecule has 0 radical (unpaired) electrons. The lowest BCUT2D eigenvalue weighted by Crippen LogP contribution is -2.41. The third kappa shape index (κ3) is 3.54. The quantitative estimate of drug-likeness (QED) is 0.550. The Morgan fingerprint density at radius 1 is 1.17 bits per heavy atom. The van der Waals surface area contributed by atoms with Crippen LogP contribution in [-0.2, 0) is 11.2 Å². The van der Waals surface area contributed by atoms with Crippen molar-refractivity contribution in [1.29, 1.82) is 0 Å². The number of hydrogen-bond donors (Lipinski definition) is 1. The first-order chi connectivity index (χ1) is 14.7. The molecule has 0 aliphatic carbocycles. The third-order valence-corrected chi connectivity index (χ3v) is 6.54. The smallest absolute Gasteiger partial charge is 0.326 e. The number of H-pyrrole nitrogens is 1. The zero-order valence-electron chi connectivity index (χ0n) is 16.3. The van der Waals surface area contributed by atoms with Crippen LogP contribution in [0, 0.1) is 0 Å². The Hall–Kier alpha value is -3.26. The van der Waals surface area contributed by atoms with Gasteiger partial charge in [0.15, 0.2) is 0 Å². The highest BCUT2D eigenvalue weighted by molar-refractivity contribution is 7.13. The van der Waals surface area contributed by atoms with Crippen molar-refractivity contribution in [2.45, 2.75) is 25.3 Å². The molecule has 5 rings (SSSR count). The first kappa shape index (κ1) is 18.7. The molecule has 7 nitrogen and oxygen atoms in total. The van der Waals surface area contributed by atoms with Gasteiger partial charge in [0.05, 0.1) is 23.1 Å². The molecule has 3 aromatic heterocycles. The number of hydrogen-bond acceptors (Lipinski definition) is 5. The molecule has 4 heterocycles. The number of nitrogens with one attached hydrogen (secondary N) is 1. The lowest BCUT2D eigenvalue weighted by Gasteiger charge is -2.32. The number of thiazole rings is 1. The second kappa shape index (κ2) is 7.87. The summed E-state index contributed by atoms with van der Waals surface area (Å²) in [6.45, 7) is 1.30. The Morgan fingerprint density at radius 3 is 2.80 bits per heavy atom. The number of aromatic amines is 1. The average molecular weight is 420 g/mol. The van der Waals surface area contributed by atoms with Crippen LogP contribution in [0.2, 0.25) is 0 Å². The second-order valence-electron chi connectivity index (χ2n) is 7.49. The summed E-state index contributed by atoms with van der Waals surface area (Å²) >= 11 is 1.53. The SMILES string of the molecule is O=C(Cc1csc(-c2cccnc2)n1)N1CCC(n2c(=O)[nH]c3ccccc32)CC1. The number of nitrogens with zero attached hydrogens (tertiary/aromatic N) is 4. The Kier molecular flexibility index (Phi) is 4.92. The number of para-hydroxylation sites is 2. The standard InChI is InChI=1S/C22H21N5O2S/c28-20(12-16-14-30-21(24-16)15-4-3-9-23-13-15)26-10-7-17(8-11-26)27-19-6-2-1-5-18(19)25-22(27)29/h1-6,9,13-14,17H,7-8,10-12H2,(H,25,29). The Balaban J connectivity index is 1.24. The number of imidazole rings is 1. The maximum Gasteiger partial charge on any atom is 0.326 e. The van der Waals surface area contributed by atoms with Crippen LogP contribution in [-0.4, -0.2) is 43.4 Å². The summed E-state index contributed by atoms with van der Waals surface area (Å²) in [6, 6.07) is 11.7. The maximum absolute atomic E-state index is 12.8. The van der Waals surface area contributed by atoms with Crippen LogP contribution >= 0.6 is 11.3 Å². The maximum atomic E-state index is 12.8. The molecule has 30 heavy (non-hydrogen) atoms. The molecular weight excluding hydrogens is 398 g/mol. The van der Waals surface area contributed by atoms with Gasteiger partial charge in [-0.1, -0.05) is 12.1 Å². The first-order valence-corrected chi connectivity index (χ1v) is 10.9. The van der Waals surface area contributed by atoms with E-state index in [1.807, 2.05) is 51.2 Å². The number of pyridine rings is 1. The van der Waals surface area contributed by atoms with Gasteiger partial charge in [-0.05, 0) is 37.1 Å². The molecular formula is C22H21N5O2S. The van der Waals surface area contributed by atoms with E-state index in [9.17, 15) is 9.59 Å². The van der Waals surface area contributed by atoms with Crippen LogP contribution in [0.15, 0.2) is 59.0 Å². The lowest BCUT2D eigenvalue weighted by atomic mass is 10.0. The van der Waals surface area contributed by atoms with Crippen molar-refractivity contribution in [3.8, 4) is 10.6 Å². The van der Waals surface area contributed by atoms with E-state index in [1.54, 1.807) is 12.4 Å². The van der Waals surface area contributed by atoms with Gasteiger partial charge in [0, 0.05) is 42.5 Å². The molecule has 152 valence electrons. The summed E-state index contributed by atoms with van der Waals surface area (Å²) in [6.07, 6.45) is 5.35. The highest BCUT2D eigenvalue weighted by Crippen LogP contribution is 2.26. The number of rotatable bonds is 4. The molecule has 0 saturated carbocycles. The minimum Gasteiger partial charge on any atom is -0.342 e. The van der Waals surface area contributed by atoms with Crippen molar-refractivity contribution in [1.82, 2.24) is 24.4 Å². The third-order valence-electron chi connectivity index (χ3n) is 5.60. The summed E-state index contributed by atoms with van der Waals surface area (Å²) in [5, 5.41) is 2.82. The number of amides is 1. The molecule has 1 aromatic carbocycles. The van der Waals surface area contributed by atoms with Crippen molar-refractivity contribution in [2.75, 3.05) is 13.1 Å². The number of likely N-dealkylation sites (tertiary alicyclic amines) is 1. The molecule has 1 aliphatic rings. The van der Waals surface area contributed by atoms with Gasteiger partial charge in [0.1, 0.15) is 5.01 Å². The molecule has 1 fully saturated rings. The van der Waals surface area contributed by atoms with E-state index in [0.29, 0.717) is 19.5 Å². The highest BCUT2D eigenvalue weighted by atomic mass is 32.1. The van der Waals surface area contributed by atoms with Crippen molar-refractivity contribution < 1.29 is 4.79 Å². The van der Waals surface area contributed by atoms with E-state index in [4.69, 9.17) is 0 Å². The van der Waals surface area contributed by atoms with E-state index in [-0.39, 0.29) is 17.6 Å². The van der Waals surface area contributed by atoms with Crippen molar-refractivity contribution in [2.24, 2.45) is 0 Å². The second-order valence-corrected chi connectivity index (χ2v) is 8.35. The van der Waals surface area contributed by atoms with E-state index >= 15 is 0 Å². The first-order valence-electron chi connectivity index (χ1n) is 10.0. The van der Waals surface area contributed by atoms with E-state index in [1.165, 1.54) is 11.3 Å². The van der Waals surface area contributed by atoms with Crippen molar-refractivity contribution >= 4 is 28.3 Å². The molecule has 4 aromatic rings. The zero-order valence-corrected chi connectivity index (χ0v) is 17.1. The van der Waals surface area contributed by atoms with Gasteiger partial charge >= 0.3 is 5.69 Å². The summed E-state index contributed by atoms with van der Waals surface area (Å²) < 4.78 is 1.84. The van der Waals surface area contributed by atoms with Crippen LogP contribution in [0.4, 0.5) is 0 Å². The minimum absolute atomic E-state index is 0.0774. The fraction of sp³-hybridized carbons (Fsp3) is 0.273. The normalized spacial score (nSPS) is 15.0. The van der Waals surface area contributed by atoms with Gasteiger partial charge in [-0.25, -0.2) is 9.78 Å². The molecule has 8 heteroatoms. The fourth-order valence-electron chi connectivity index (χ4n) is 4.09. The molecule has 1 N–H and O–H groups in total. The number of aromatic nitrogens is 4. The number of carbonyl (C=O) groups excluding carboxylic acids is 1. The average Bonchev–Trinajstić information content (AvgIpc) is 3.38. The van der Waals surface area contributed by atoms with Gasteiger partial charge < -0.3 is 9.88 Å². The molecule has 0 unspecified atom stereocenters. The Bertz CT molecular complexity index is 1240. The number of piperidine rings is 1. The summed E-state index contributed by atoms with van der Waals surface area (Å²) in [5.74, 6) is 0.0859. The topological polar surface area (TPSA) is 83.9 Å². The molecule has 1 aliphatic heterocycles. The zero-order chi connectivity index (χ0) is 20.5. The monoisotopic (exact) mass is 419 g/mol. The van der Waals surface area contributed by atoms with Crippen molar-refractivity contribution in [3.63, 3.8) is 0 Å². The van der Waals surface area contributed by atoms with E-state index in [0.717, 1.165) is 40.1 Å². The summed E-state index contributed by atoms with van der Waals surface area (Å²) in [4.78, 5) is 38.7. The van der Waals surface area contributed by atoms with Crippen LogP contribution in [0.1, 0.15) is 24.6 Å². The predicted molar refractivity (Wildman–Crippen MR) is 116 cm³/mol. The van der Waals surface area contributed by atoms with Gasteiger partial charge in [-0.15, -0.1) is 11.3 Å². The fourth-order valence-corrected chi connectivity index (χ4v) is 4.90. The van der Waals surface area contributed by atoms with Crippen LogP contribution in [0.3, 0.4) is 0 Å². The largest absolute Gasteiger partial charge is 0.342 e. The minimum atomic E-state index is -0.0774. The summed E-state index contributed by atoms with van der Waals surface area (Å²) in [7, 11) is 0. The highest BCUT2D eigenvalue weighted by Gasteiger charge is 2.26. The van der Waals surface area contributed by atoms with Crippen LogP contribution in [0.25, 0.3) is 21.6 Å². The van der Waals surface area contributed by atoms with Crippen LogP contribution < -0.4 is 5.69 Å². The predicted octanol–water partition coefficient (Wildman–Crippen LogP) is 3.25. The Morgan fingerprint density at radius 2 is 2.00 bits per heavy atom. The van der Waals surface area contributed by atoms with E-state index < -0.39 is 0 Å². The summed E-state index contributed by atoms with van der Waals surface area (Å²) in [5.41, 5.74) is 3.46. The number of carbonyl (C=O) groups is 1. The number of benzene rings is 1. The van der Waals surface area contributed by atoms with Crippen LogP contribution in [0.5, 0.6) is 0 Å². The molecule has 1 amide bonds. The van der Waals surface area contributed by atoms with Gasteiger partial charge in [-0.3, -0.25) is 14.3 Å². The molecule has 1 saturated heterocycles. The molecule has 0 atom stereocenters. The van der Waals surface area contributed by atoms with Crippen molar-refractivity contribution in [3.05, 3.63) is 70.4 Å². The van der Waals surface area contributed by atoms with Gasteiger partial charge in [-0.2, -0.15) is 0 Å². The number of fused-ring (bicyclic) bond motifs is 1. The van der Waals surface area contributed by atoms with E-state index in [2.05, 4.69) is 15.0 Å². The Labute approximate surface area is 177 Å².